The molecule has 2 rings (SSSR count). The Morgan fingerprint density at radius 3 is 2.59 bits per heavy atom. The first-order valence-corrected chi connectivity index (χ1v) is 10.1. The fraction of sp³-hybridized carbons (Fsp3) is 0.571. The van der Waals surface area contributed by atoms with E-state index < -0.39 is 0 Å². The number of benzene rings is 1. The van der Waals surface area contributed by atoms with E-state index in [4.69, 9.17) is 4.74 Å². The molecule has 2 aromatic rings. The van der Waals surface area contributed by atoms with Crippen LogP contribution in [-0.2, 0) is 24.9 Å². The second-order valence-electron chi connectivity index (χ2n) is 7.27. The van der Waals surface area contributed by atoms with Crippen molar-refractivity contribution in [3.8, 4) is 0 Å². The highest BCUT2D eigenvalue weighted by molar-refractivity contribution is 5.79. The smallest absolute Gasteiger partial charge is 0.191 e. The maximum atomic E-state index is 5.13. The maximum absolute atomic E-state index is 5.13. The molecule has 1 aromatic heterocycles. The molecule has 1 aromatic carbocycles. The van der Waals surface area contributed by atoms with Crippen molar-refractivity contribution in [1.29, 1.82) is 0 Å². The number of hydrogen-bond acceptors (Lipinski definition) is 5. The number of guanidine groups is 1. The molecule has 0 spiro atoms. The predicted molar refractivity (Wildman–Crippen MR) is 117 cm³/mol. The molecule has 29 heavy (non-hydrogen) atoms. The minimum absolute atomic E-state index is 0.448. The van der Waals surface area contributed by atoms with Crippen LogP contribution in [0.15, 0.2) is 35.3 Å². The van der Waals surface area contributed by atoms with Gasteiger partial charge in [-0.2, -0.15) is 0 Å². The second kappa shape index (κ2) is 12.2. The fourth-order valence-electron chi connectivity index (χ4n) is 2.83. The van der Waals surface area contributed by atoms with Gasteiger partial charge in [-0.1, -0.05) is 30.3 Å². The summed E-state index contributed by atoms with van der Waals surface area (Å²) >= 11 is 0. The van der Waals surface area contributed by atoms with E-state index in [9.17, 15) is 0 Å². The van der Waals surface area contributed by atoms with E-state index in [-0.39, 0.29) is 0 Å². The van der Waals surface area contributed by atoms with Crippen molar-refractivity contribution in [2.45, 2.75) is 39.4 Å². The topological polar surface area (TPSA) is 79.6 Å². The molecule has 160 valence electrons. The number of nitrogens with zero attached hydrogens (tertiary/aromatic N) is 5. The highest BCUT2D eigenvalue weighted by Crippen LogP contribution is 2.08. The van der Waals surface area contributed by atoms with Crippen molar-refractivity contribution in [3.63, 3.8) is 0 Å². The summed E-state index contributed by atoms with van der Waals surface area (Å²) in [5.41, 5.74) is 1.33. The molecule has 8 nitrogen and oxygen atoms in total. The van der Waals surface area contributed by atoms with Crippen LogP contribution in [-0.4, -0.2) is 65.5 Å². The minimum atomic E-state index is 0.448. The van der Waals surface area contributed by atoms with Crippen LogP contribution in [0.3, 0.4) is 0 Å². The Labute approximate surface area is 174 Å². The summed E-state index contributed by atoms with van der Waals surface area (Å²) in [6, 6.07) is 11.0. The fourth-order valence-corrected chi connectivity index (χ4v) is 2.83. The van der Waals surface area contributed by atoms with E-state index in [0.717, 1.165) is 37.1 Å². The van der Waals surface area contributed by atoms with Gasteiger partial charge in [0.25, 0.3) is 0 Å². The number of nitrogens with one attached hydrogen (secondary N) is 2. The van der Waals surface area contributed by atoms with Crippen molar-refractivity contribution in [1.82, 2.24) is 30.3 Å². The second-order valence-corrected chi connectivity index (χ2v) is 7.27. The van der Waals surface area contributed by atoms with E-state index in [2.05, 4.69) is 75.0 Å². The van der Waals surface area contributed by atoms with Crippen molar-refractivity contribution < 1.29 is 4.74 Å². The Bertz CT molecular complexity index is 745. The number of ether oxygens (including phenoxy) is 1. The molecule has 0 amide bonds. The lowest BCUT2D eigenvalue weighted by Gasteiger charge is -2.25. The van der Waals surface area contributed by atoms with Crippen LogP contribution in [0.2, 0.25) is 0 Å². The van der Waals surface area contributed by atoms with Gasteiger partial charge in [0.1, 0.15) is 12.4 Å². The Hall–Kier alpha value is -2.45. The molecule has 1 unspecified atom stereocenters. The summed E-state index contributed by atoms with van der Waals surface area (Å²) < 4.78 is 7.09. The molecule has 0 aliphatic rings. The number of hydrogen-bond donors (Lipinski definition) is 2. The number of aryl methyl sites for hydroxylation is 1. The van der Waals surface area contributed by atoms with Gasteiger partial charge in [-0.3, -0.25) is 4.90 Å². The largest absolute Gasteiger partial charge is 0.383 e. The highest BCUT2D eigenvalue weighted by atomic mass is 16.5. The SMILES string of the molecule is COCCNC(=NCc1nnc(C)n1C)NCCC(C)N(C)Cc1ccccc1. The molecule has 0 radical (unpaired) electrons. The van der Waals surface area contributed by atoms with Crippen LogP contribution in [0.5, 0.6) is 0 Å². The average molecular weight is 402 g/mol. The van der Waals surface area contributed by atoms with Gasteiger partial charge in [-0.15, -0.1) is 10.2 Å². The summed E-state index contributed by atoms with van der Waals surface area (Å²) in [5.74, 6) is 2.49. The van der Waals surface area contributed by atoms with Crippen LogP contribution in [0, 0.1) is 6.92 Å². The lowest BCUT2D eigenvalue weighted by atomic mass is 10.1. The van der Waals surface area contributed by atoms with E-state index in [1.54, 1.807) is 7.11 Å². The quantitative estimate of drug-likeness (QED) is 0.339. The van der Waals surface area contributed by atoms with E-state index in [1.807, 2.05) is 18.5 Å². The minimum Gasteiger partial charge on any atom is -0.383 e. The zero-order valence-corrected chi connectivity index (χ0v) is 18.4. The Balaban J connectivity index is 1.84. The maximum Gasteiger partial charge on any atom is 0.191 e. The van der Waals surface area contributed by atoms with Crippen molar-refractivity contribution in [3.05, 3.63) is 47.5 Å². The number of aliphatic imine (C=N–C) groups is 1. The van der Waals surface area contributed by atoms with Crippen LogP contribution in [0.4, 0.5) is 0 Å². The van der Waals surface area contributed by atoms with Crippen molar-refractivity contribution in [2.75, 3.05) is 33.9 Å². The molecular formula is C21H35N7O. The summed E-state index contributed by atoms with van der Waals surface area (Å²) in [5, 5.41) is 15.0. The Morgan fingerprint density at radius 1 is 1.21 bits per heavy atom. The number of aromatic nitrogens is 3. The van der Waals surface area contributed by atoms with Crippen LogP contribution in [0.1, 0.15) is 30.6 Å². The third-order valence-electron chi connectivity index (χ3n) is 5.04. The lowest BCUT2D eigenvalue weighted by molar-refractivity contribution is 0.203. The first-order chi connectivity index (χ1) is 14.0. The van der Waals surface area contributed by atoms with Gasteiger partial charge < -0.3 is 19.9 Å². The monoisotopic (exact) mass is 401 g/mol. The zero-order chi connectivity index (χ0) is 21.1. The highest BCUT2D eigenvalue weighted by Gasteiger charge is 2.10. The van der Waals surface area contributed by atoms with Gasteiger partial charge in [0.2, 0.25) is 0 Å². The normalized spacial score (nSPS) is 13.0. The first kappa shape index (κ1) is 22.8. The first-order valence-electron chi connectivity index (χ1n) is 10.1. The van der Waals surface area contributed by atoms with Gasteiger partial charge >= 0.3 is 0 Å². The average Bonchev–Trinajstić information content (AvgIpc) is 3.04. The van der Waals surface area contributed by atoms with Crippen LogP contribution >= 0.6 is 0 Å². The molecular weight excluding hydrogens is 366 g/mol. The van der Waals surface area contributed by atoms with Crippen LogP contribution < -0.4 is 10.6 Å². The summed E-state index contributed by atoms with van der Waals surface area (Å²) in [4.78, 5) is 7.02. The van der Waals surface area contributed by atoms with Gasteiger partial charge in [0.15, 0.2) is 11.8 Å². The predicted octanol–water partition coefficient (Wildman–Crippen LogP) is 1.72. The number of methoxy groups -OCH3 is 1. The van der Waals surface area contributed by atoms with Gasteiger partial charge in [-0.05, 0) is 32.9 Å². The molecule has 0 saturated heterocycles. The molecule has 0 bridgehead atoms. The summed E-state index contributed by atoms with van der Waals surface area (Å²) in [7, 11) is 5.81. The van der Waals surface area contributed by atoms with Crippen LogP contribution in [0.25, 0.3) is 0 Å². The summed E-state index contributed by atoms with van der Waals surface area (Å²) in [6.45, 7) is 7.76. The van der Waals surface area contributed by atoms with Gasteiger partial charge in [-0.25, -0.2) is 4.99 Å². The summed E-state index contributed by atoms with van der Waals surface area (Å²) in [6.07, 6.45) is 1.01. The lowest BCUT2D eigenvalue weighted by Crippen LogP contribution is -2.41. The van der Waals surface area contributed by atoms with Gasteiger partial charge in [0, 0.05) is 39.8 Å². The molecule has 0 aliphatic heterocycles. The molecule has 0 saturated carbocycles. The Morgan fingerprint density at radius 2 is 1.93 bits per heavy atom. The Kier molecular flexibility index (Phi) is 9.59. The molecule has 1 heterocycles. The molecule has 2 N–H and O–H groups in total. The zero-order valence-electron chi connectivity index (χ0n) is 18.4. The molecule has 0 fully saturated rings. The van der Waals surface area contributed by atoms with E-state index in [0.29, 0.717) is 25.7 Å². The standard InChI is InChI=1S/C21H35N7O/c1-17(27(3)16-19-9-7-6-8-10-19)11-12-22-21(23-13-14-29-5)24-15-20-26-25-18(2)28(20)4/h6-10,17H,11-16H2,1-5H3,(H2,22,23,24). The number of rotatable bonds is 11. The van der Waals surface area contributed by atoms with Gasteiger partial charge in [0.05, 0.1) is 6.61 Å². The third-order valence-corrected chi connectivity index (χ3v) is 5.04. The molecule has 0 aliphatic carbocycles. The third kappa shape index (κ3) is 7.83. The van der Waals surface area contributed by atoms with E-state index in [1.165, 1.54) is 5.56 Å². The van der Waals surface area contributed by atoms with Crippen molar-refractivity contribution in [2.24, 2.45) is 12.0 Å². The molecule has 1 atom stereocenters. The van der Waals surface area contributed by atoms with E-state index >= 15 is 0 Å². The molecule has 8 heteroatoms. The van der Waals surface area contributed by atoms with Crippen molar-refractivity contribution >= 4 is 5.96 Å².